The van der Waals surface area contributed by atoms with Crippen LogP contribution in [0.1, 0.15) is 11.1 Å². The van der Waals surface area contributed by atoms with Crippen LogP contribution < -0.4 is 5.73 Å². The fourth-order valence-electron chi connectivity index (χ4n) is 1.43. The highest BCUT2D eigenvalue weighted by Crippen LogP contribution is 2.26. The first-order valence-electron chi connectivity index (χ1n) is 4.36. The molecule has 0 unspecified atom stereocenters. The zero-order chi connectivity index (χ0) is 11.2. The minimum atomic E-state index is -0.645. The van der Waals surface area contributed by atoms with E-state index in [-0.39, 0.29) is 0 Å². The van der Waals surface area contributed by atoms with Crippen LogP contribution in [0.2, 0.25) is 0 Å². The highest BCUT2D eigenvalue weighted by atomic mass is 32.1. The number of primary amides is 1. The predicted molar refractivity (Wildman–Crippen MR) is 59.2 cm³/mol. The SMILES string of the molecule is Cc1cc2c(nnn2C(N)=O)c(S)c1C. The third-order valence-corrected chi connectivity index (χ3v) is 2.99. The Balaban J connectivity index is 2.89. The average molecular weight is 222 g/mol. The minimum Gasteiger partial charge on any atom is -0.350 e. The molecule has 0 saturated carbocycles. The fourth-order valence-corrected chi connectivity index (χ4v) is 1.76. The molecule has 0 aliphatic carbocycles. The Labute approximate surface area is 91.7 Å². The maximum Gasteiger partial charge on any atom is 0.341 e. The highest BCUT2D eigenvalue weighted by molar-refractivity contribution is 7.80. The van der Waals surface area contributed by atoms with Gasteiger partial charge in [-0.25, -0.2) is 4.79 Å². The van der Waals surface area contributed by atoms with Crippen LogP contribution in [0.3, 0.4) is 0 Å². The number of hydrogen-bond donors (Lipinski definition) is 2. The molecule has 0 spiro atoms. The Morgan fingerprint density at radius 3 is 2.80 bits per heavy atom. The lowest BCUT2D eigenvalue weighted by Gasteiger charge is -2.04. The van der Waals surface area contributed by atoms with E-state index in [1.54, 1.807) is 0 Å². The van der Waals surface area contributed by atoms with Gasteiger partial charge in [-0.3, -0.25) is 0 Å². The first-order chi connectivity index (χ1) is 7.02. The Morgan fingerprint density at radius 2 is 2.20 bits per heavy atom. The lowest BCUT2D eigenvalue weighted by Crippen LogP contribution is -2.20. The normalized spacial score (nSPS) is 10.9. The highest BCUT2D eigenvalue weighted by Gasteiger charge is 2.13. The lowest BCUT2D eigenvalue weighted by atomic mass is 10.1. The molecule has 6 heteroatoms. The van der Waals surface area contributed by atoms with Crippen LogP contribution in [0.5, 0.6) is 0 Å². The van der Waals surface area contributed by atoms with Crippen LogP contribution in [0.4, 0.5) is 4.79 Å². The maximum absolute atomic E-state index is 11.0. The number of nitrogens with two attached hydrogens (primary N) is 1. The summed E-state index contributed by atoms with van der Waals surface area (Å²) in [5, 5.41) is 7.56. The number of aryl methyl sites for hydroxylation is 1. The number of thiol groups is 1. The molecule has 0 radical (unpaired) electrons. The molecular weight excluding hydrogens is 212 g/mol. The summed E-state index contributed by atoms with van der Waals surface area (Å²) >= 11 is 4.35. The van der Waals surface area contributed by atoms with Crippen LogP contribution in [0.15, 0.2) is 11.0 Å². The molecule has 0 bridgehead atoms. The average Bonchev–Trinajstić information content (AvgIpc) is 2.58. The summed E-state index contributed by atoms with van der Waals surface area (Å²) < 4.78 is 1.07. The molecule has 2 rings (SSSR count). The van der Waals surface area contributed by atoms with Crippen molar-refractivity contribution in [2.24, 2.45) is 5.73 Å². The minimum absolute atomic E-state index is 0.593. The van der Waals surface area contributed by atoms with E-state index >= 15 is 0 Å². The van der Waals surface area contributed by atoms with Gasteiger partial charge in [-0.2, -0.15) is 4.68 Å². The molecule has 5 nitrogen and oxygen atoms in total. The van der Waals surface area contributed by atoms with Crippen molar-refractivity contribution >= 4 is 29.7 Å². The topological polar surface area (TPSA) is 73.8 Å². The molecule has 15 heavy (non-hydrogen) atoms. The second-order valence-electron chi connectivity index (χ2n) is 3.37. The summed E-state index contributed by atoms with van der Waals surface area (Å²) in [5.74, 6) is 0. The molecule has 0 fully saturated rings. The Kier molecular flexibility index (Phi) is 2.15. The molecule has 0 atom stereocenters. The van der Waals surface area contributed by atoms with Crippen molar-refractivity contribution in [2.45, 2.75) is 18.7 Å². The number of nitrogens with zero attached hydrogens (tertiary/aromatic N) is 3. The molecule has 0 saturated heterocycles. The van der Waals surface area contributed by atoms with Gasteiger partial charge in [0, 0.05) is 4.90 Å². The number of carbonyl (C=O) groups excluding carboxylic acids is 1. The largest absolute Gasteiger partial charge is 0.350 e. The quantitative estimate of drug-likeness (QED) is 0.659. The van der Waals surface area contributed by atoms with E-state index in [0.717, 1.165) is 20.7 Å². The number of hydrogen-bond acceptors (Lipinski definition) is 4. The second-order valence-corrected chi connectivity index (χ2v) is 3.82. The van der Waals surface area contributed by atoms with E-state index < -0.39 is 6.03 Å². The number of fused-ring (bicyclic) bond motifs is 1. The molecule has 0 aliphatic rings. The van der Waals surface area contributed by atoms with Crippen LogP contribution in [0, 0.1) is 13.8 Å². The van der Waals surface area contributed by atoms with Crippen molar-refractivity contribution in [3.63, 3.8) is 0 Å². The maximum atomic E-state index is 11.0. The van der Waals surface area contributed by atoms with E-state index in [0.29, 0.717) is 11.0 Å². The van der Waals surface area contributed by atoms with Gasteiger partial charge in [0.15, 0.2) is 0 Å². The summed E-state index contributed by atoms with van der Waals surface area (Å²) in [7, 11) is 0. The first-order valence-corrected chi connectivity index (χ1v) is 4.81. The van der Waals surface area contributed by atoms with Crippen molar-refractivity contribution in [1.82, 2.24) is 15.0 Å². The van der Waals surface area contributed by atoms with Crippen LogP contribution >= 0.6 is 12.6 Å². The van der Waals surface area contributed by atoms with E-state index in [1.165, 1.54) is 0 Å². The molecule has 0 aliphatic heterocycles. The second kappa shape index (κ2) is 3.23. The summed E-state index contributed by atoms with van der Waals surface area (Å²) in [4.78, 5) is 11.8. The van der Waals surface area contributed by atoms with Crippen LogP contribution in [-0.2, 0) is 0 Å². The van der Waals surface area contributed by atoms with Gasteiger partial charge in [0.05, 0.1) is 0 Å². The summed E-state index contributed by atoms with van der Waals surface area (Å²) in [6, 6.07) is 1.18. The fraction of sp³-hybridized carbons (Fsp3) is 0.222. The van der Waals surface area contributed by atoms with Crippen LogP contribution in [-0.4, -0.2) is 21.0 Å². The van der Waals surface area contributed by atoms with Crippen molar-refractivity contribution in [2.75, 3.05) is 0 Å². The molecular formula is C9H10N4OS. The van der Waals surface area contributed by atoms with Gasteiger partial charge in [0.2, 0.25) is 0 Å². The molecule has 2 N–H and O–H groups in total. The Morgan fingerprint density at radius 1 is 1.53 bits per heavy atom. The van der Waals surface area contributed by atoms with Crippen molar-refractivity contribution < 1.29 is 4.79 Å². The first kappa shape index (κ1) is 9.97. The monoisotopic (exact) mass is 222 g/mol. The number of aromatic nitrogens is 3. The van der Waals surface area contributed by atoms with Gasteiger partial charge in [-0.15, -0.1) is 17.7 Å². The molecule has 1 aromatic carbocycles. The Hall–Kier alpha value is -1.56. The molecule has 1 amide bonds. The lowest BCUT2D eigenvalue weighted by molar-refractivity contribution is 0.248. The number of carbonyl (C=O) groups is 1. The third-order valence-electron chi connectivity index (χ3n) is 2.44. The van der Waals surface area contributed by atoms with Gasteiger partial charge >= 0.3 is 6.03 Å². The van der Waals surface area contributed by atoms with E-state index in [1.807, 2.05) is 19.9 Å². The van der Waals surface area contributed by atoms with Crippen molar-refractivity contribution in [3.05, 3.63) is 17.2 Å². The molecule has 1 heterocycles. The molecule has 78 valence electrons. The van der Waals surface area contributed by atoms with E-state index in [9.17, 15) is 4.79 Å². The van der Waals surface area contributed by atoms with E-state index in [4.69, 9.17) is 5.73 Å². The van der Waals surface area contributed by atoms with Gasteiger partial charge in [-0.1, -0.05) is 5.21 Å². The third kappa shape index (κ3) is 1.37. The van der Waals surface area contributed by atoms with Gasteiger partial charge in [0.1, 0.15) is 11.0 Å². The van der Waals surface area contributed by atoms with Crippen molar-refractivity contribution in [3.8, 4) is 0 Å². The number of amides is 1. The zero-order valence-corrected chi connectivity index (χ0v) is 9.25. The van der Waals surface area contributed by atoms with Gasteiger partial charge in [-0.05, 0) is 31.0 Å². The smallest absolute Gasteiger partial charge is 0.341 e. The van der Waals surface area contributed by atoms with Crippen LogP contribution in [0.25, 0.3) is 11.0 Å². The van der Waals surface area contributed by atoms with Gasteiger partial charge < -0.3 is 5.73 Å². The summed E-state index contributed by atoms with van der Waals surface area (Å²) in [6.45, 7) is 3.88. The Bertz CT molecular complexity index is 561. The number of rotatable bonds is 0. The van der Waals surface area contributed by atoms with E-state index in [2.05, 4.69) is 22.9 Å². The predicted octanol–water partition coefficient (Wildman–Crippen LogP) is 1.26. The molecule has 1 aromatic heterocycles. The summed E-state index contributed by atoms with van der Waals surface area (Å²) in [5.41, 5.74) is 8.40. The van der Waals surface area contributed by atoms with Gasteiger partial charge in [0.25, 0.3) is 0 Å². The summed E-state index contributed by atoms with van der Waals surface area (Å²) in [6.07, 6.45) is 0. The zero-order valence-electron chi connectivity index (χ0n) is 8.35. The standard InChI is InChI=1S/C9H10N4OS/c1-4-3-6-7(8(15)5(4)2)11-12-13(6)9(10)14/h3,15H,1-2H3,(H2,10,14). The molecule has 2 aromatic rings. The number of benzene rings is 1. The van der Waals surface area contributed by atoms with Crippen molar-refractivity contribution in [1.29, 1.82) is 0 Å².